The molecule has 0 aliphatic heterocycles. The Hall–Kier alpha value is -2.50. The fourth-order valence-electron chi connectivity index (χ4n) is 2.34. The summed E-state index contributed by atoms with van der Waals surface area (Å²) in [5.41, 5.74) is 2.50. The third-order valence-electron chi connectivity index (χ3n) is 3.47. The summed E-state index contributed by atoms with van der Waals surface area (Å²) in [6, 6.07) is 14.8. The summed E-state index contributed by atoms with van der Waals surface area (Å²) in [7, 11) is 0. The van der Waals surface area contributed by atoms with Crippen LogP contribution in [0.15, 0.2) is 48.5 Å². The number of ether oxygens (including phenoxy) is 1. The predicted octanol–water partition coefficient (Wildman–Crippen LogP) is 5.98. The third-order valence-corrected chi connectivity index (χ3v) is 4.21. The molecule has 3 rings (SSSR count). The van der Waals surface area contributed by atoms with Crippen LogP contribution in [0.1, 0.15) is 12.6 Å². The Balaban J connectivity index is 1.77. The lowest BCUT2D eigenvalue weighted by molar-refractivity contribution is 0.340. The maximum absolute atomic E-state index is 6.05. The molecular weight excluding hydrogens is 371 g/mol. The summed E-state index contributed by atoms with van der Waals surface area (Å²) in [6.45, 7) is 4.50. The number of rotatable bonds is 6. The first-order valence-corrected chi connectivity index (χ1v) is 8.86. The van der Waals surface area contributed by atoms with Crippen LogP contribution in [0.3, 0.4) is 0 Å². The molecule has 2 N–H and O–H groups in total. The van der Waals surface area contributed by atoms with Crippen molar-refractivity contribution in [3.05, 3.63) is 64.3 Å². The second-order valence-electron chi connectivity index (χ2n) is 5.55. The first kappa shape index (κ1) is 18.3. The van der Waals surface area contributed by atoms with Gasteiger partial charge in [-0.3, -0.25) is 0 Å². The van der Waals surface area contributed by atoms with Crippen LogP contribution in [-0.2, 0) is 0 Å². The lowest BCUT2D eigenvalue weighted by Crippen LogP contribution is -2.02. The van der Waals surface area contributed by atoms with Gasteiger partial charge < -0.3 is 15.4 Å². The smallest absolute Gasteiger partial charge is 0.229 e. The molecule has 0 saturated heterocycles. The molecule has 0 fully saturated rings. The fourth-order valence-corrected chi connectivity index (χ4v) is 2.64. The molecule has 2 aromatic carbocycles. The molecule has 0 amide bonds. The highest BCUT2D eigenvalue weighted by molar-refractivity contribution is 6.42. The Morgan fingerprint density at radius 1 is 0.885 bits per heavy atom. The van der Waals surface area contributed by atoms with E-state index in [9.17, 15) is 0 Å². The van der Waals surface area contributed by atoms with Crippen LogP contribution in [-0.4, -0.2) is 16.6 Å². The van der Waals surface area contributed by atoms with Gasteiger partial charge in [-0.25, -0.2) is 4.98 Å². The van der Waals surface area contributed by atoms with Gasteiger partial charge in [-0.2, -0.15) is 4.98 Å². The first-order chi connectivity index (χ1) is 12.5. The molecule has 0 atom stereocenters. The van der Waals surface area contributed by atoms with Gasteiger partial charge in [0.15, 0.2) is 0 Å². The Morgan fingerprint density at radius 3 is 2.31 bits per heavy atom. The quantitative estimate of drug-likeness (QED) is 0.543. The van der Waals surface area contributed by atoms with E-state index in [1.807, 2.05) is 50.2 Å². The maximum Gasteiger partial charge on any atom is 0.229 e. The molecule has 0 aliphatic carbocycles. The van der Waals surface area contributed by atoms with E-state index < -0.39 is 0 Å². The van der Waals surface area contributed by atoms with E-state index in [2.05, 4.69) is 20.6 Å². The van der Waals surface area contributed by atoms with Crippen molar-refractivity contribution >= 4 is 46.3 Å². The Bertz CT molecular complexity index is 901. The molecule has 134 valence electrons. The van der Waals surface area contributed by atoms with Gasteiger partial charge in [0.25, 0.3) is 0 Å². The molecule has 1 aromatic heterocycles. The molecule has 5 nitrogen and oxygen atoms in total. The summed E-state index contributed by atoms with van der Waals surface area (Å²) in [6.07, 6.45) is 0. The van der Waals surface area contributed by atoms with E-state index in [-0.39, 0.29) is 0 Å². The zero-order chi connectivity index (χ0) is 18.5. The van der Waals surface area contributed by atoms with Gasteiger partial charge in [0.1, 0.15) is 11.6 Å². The van der Waals surface area contributed by atoms with Gasteiger partial charge in [0.05, 0.1) is 16.7 Å². The number of aromatic nitrogens is 2. The highest BCUT2D eigenvalue weighted by atomic mass is 35.5. The van der Waals surface area contributed by atoms with E-state index in [4.69, 9.17) is 27.9 Å². The van der Waals surface area contributed by atoms with Crippen molar-refractivity contribution < 1.29 is 4.74 Å². The summed E-state index contributed by atoms with van der Waals surface area (Å²) >= 11 is 12.0. The van der Waals surface area contributed by atoms with E-state index in [1.165, 1.54) is 0 Å². The number of anilines is 4. The van der Waals surface area contributed by atoms with E-state index in [1.54, 1.807) is 12.1 Å². The Morgan fingerprint density at radius 2 is 1.62 bits per heavy atom. The van der Waals surface area contributed by atoms with Crippen LogP contribution in [0.25, 0.3) is 0 Å². The van der Waals surface area contributed by atoms with E-state index >= 15 is 0 Å². The number of nitrogens with one attached hydrogen (secondary N) is 2. The normalized spacial score (nSPS) is 10.5. The minimum absolute atomic E-state index is 0.469. The number of nitrogens with zero attached hydrogens (tertiary/aromatic N) is 2. The topological polar surface area (TPSA) is 59.1 Å². The number of hydrogen-bond donors (Lipinski definition) is 2. The van der Waals surface area contributed by atoms with Gasteiger partial charge in [-0.1, -0.05) is 23.2 Å². The zero-order valence-corrected chi connectivity index (χ0v) is 15.9. The highest BCUT2D eigenvalue weighted by Crippen LogP contribution is 2.27. The summed E-state index contributed by atoms with van der Waals surface area (Å²) < 4.78 is 5.45. The van der Waals surface area contributed by atoms with Crippen molar-refractivity contribution in [2.75, 3.05) is 17.2 Å². The van der Waals surface area contributed by atoms with Crippen LogP contribution in [0, 0.1) is 6.92 Å². The van der Waals surface area contributed by atoms with Crippen LogP contribution < -0.4 is 15.4 Å². The molecule has 0 saturated carbocycles. The van der Waals surface area contributed by atoms with Gasteiger partial charge in [-0.05, 0) is 56.3 Å². The first-order valence-electron chi connectivity index (χ1n) is 8.11. The minimum atomic E-state index is 0.469. The molecule has 0 radical (unpaired) electrons. The molecule has 0 spiro atoms. The zero-order valence-electron chi connectivity index (χ0n) is 14.4. The van der Waals surface area contributed by atoms with Crippen molar-refractivity contribution in [2.45, 2.75) is 13.8 Å². The number of benzene rings is 2. The molecule has 0 bridgehead atoms. The predicted molar refractivity (Wildman–Crippen MR) is 107 cm³/mol. The summed E-state index contributed by atoms with van der Waals surface area (Å²) in [4.78, 5) is 8.90. The van der Waals surface area contributed by atoms with Gasteiger partial charge in [0, 0.05) is 23.1 Å². The molecular formula is C19H18Cl2N4O. The monoisotopic (exact) mass is 388 g/mol. The van der Waals surface area contributed by atoms with Crippen molar-refractivity contribution in [1.82, 2.24) is 9.97 Å². The second kappa shape index (κ2) is 8.25. The maximum atomic E-state index is 6.05. The summed E-state index contributed by atoms with van der Waals surface area (Å²) in [5, 5.41) is 7.38. The molecule has 0 unspecified atom stereocenters. The molecule has 26 heavy (non-hydrogen) atoms. The van der Waals surface area contributed by atoms with Gasteiger partial charge in [-0.15, -0.1) is 0 Å². The van der Waals surface area contributed by atoms with Gasteiger partial charge in [0.2, 0.25) is 5.95 Å². The number of aryl methyl sites for hydroxylation is 1. The van der Waals surface area contributed by atoms with Gasteiger partial charge >= 0.3 is 0 Å². The molecule has 3 aromatic rings. The molecule has 1 heterocycles. The number of halogens is 2. The van der Waals surface area contributed by atoms with Crippen molar-refractivity contribution in [1.29, 1.82) is 0 Å². The van der Waals surface area contributed by atoms with Crippen molar-refractivity contribution in [2.24, 2.45) is 0 Å². The average molecular weight is 389 g/mol. The van der Waals surface area contributed by atoms with Crippen molar-refractivity contribution in [3.8, 4) is 5.75 Å². The Labute approximate surface area is 162 Å². The average Bonchev–Trinajstić information content (AvgIpc) is 2.60. The number of hydrogen-bond acceptors (Lipinski definition) is 5. The van der Waals surface area contributed by atoms with Crippen LogP contribution >= 0.6 is 23.2 Å². The fraction of sp³-hybridized carbons (Fsp3) is 0.158. The Kier molecular flexibility index (Phi) is 5.81. The van der Waals surface area contributed by atoms with Crippen LogP contribution in [0.5, 0.6) is 5.75 Å². The van der Waals surface area contributed by atoms with Crippen LogP contribution in [0.4, 0.5) is 23.1 Å². The van der Waals surface area contributed by atoms with E-state index in [0.717, 1.165) is 22.8 Å². The standard InChI is InChI=1S/C19H18Cl2N4O/c1-3-26-15-7-4-13(5-8-15)23-18-10-12(2)22-19(25-18)24-14-6-9-16(20)17(21)11-14/h4-11H,3H2,1-2H3,(H2,22,23,24,25). The lowest BCUT2D eigenvalue weighted by Gasteiger charge is -2.11. The van der Waals surface area contributed by atoms with Crippen molar-refractivity contribution in [3.63, 3.8) is 0 Å². The minimum Gasteiger partial charge on any atom is -0.494 e. The van der Waals surface area contributed by atoms with E-state index in [0.29, 0.717) is 28.4 Å². The second-order valence-corrected chi connectivity index (χ2v) is 6.37. The van der Waals surface area contributed by atoms with Crippen LogP contribution in [0.2, 0.25) is 10.0 Å². The lowest BCUT2D eigenvalue weighted by atomic mass is 10.3. The largest absolute Gasteiger partial charge is 0.494 e. The molecule has 0 aliphatic rings. The molecule has 7 heteroatoms. The SMILES string of the molecule is CCOc1ccc(Nc2cc(C)nc(Nc3ccc(Cl)c(Cl)c3)n2)cc1. The summed E-state index contributed by atoms with van der Waals surface area (Å²) in [5.74, 6) is 1.99. The highest BCUT2D eigenvalue weighted by Gasteiger charge is 2.06. The third kappa shape index (κ3) is 4.77.